The van der Waals surface area contributed by atoms with E-state index in [0.717, 1.165) is 45.6 Å². The van der Waals surface area contributed by atoms with E-state index in [1.54, 1.807) is 0 Å². The first-order chi connectivity index (χ1) is 30.4. The zero-order valence-corrected chi connectivity index (χ0v) is 41.5. The van der Waals surface area contributed by atoms with Crippen molar-refractivity contribution in [3.05, 3.63) is 161 Å². The summed E-state index contributed by atoms with van der Waals surface area (Å²) in [6.45, 7) is 34.4. The molecule has 2 aliphatic rings. The van der Waals surface area contributed by atoms with Crippen molar-refractivity contribution in [2.45, 2.75) is 131 Å². The number of rotatable bonds is 5. The monoisotopic (exact) mass is 859 g/mol. The van der Waals surface area contributed by atoms with Gasteiger partial charge in [0.1, 0.15) is 0 Å². The molecule has 1 aromatic heterocycles. The maximum Gasteiger partial charge on any atom is 0.307 e. The van der Waals surface area contributed by atoms with Crippen molar-refractivity contribution < 1.29 is 4.42 Å². The second kappa shape index (κ2) is 15.3. The van der Waals surface area contributed by atoms with Crippen molar-refractivity contribution in [2.24, 2.45) is 0 Å². The third kappa shape index (κ3) is 7.98. The third-order valence-electron chi connectivity index (χ3n) is 13.4. The van der Waals surface area contributed by atoms with Crippen molar-refractivity contribution in [3.8, 4) is 0 Å². The SMILES string of the molecule is CC(C)(C)c1ccc(N2c3ccc(C(C)(C)C)cc3B3c4nc(N(c5ccccc5)c5ccccc5)oc4N(c4cc(C(C)(C)C)cc(C(C)(C)C)c4)c4cc(C(C)(C)C)cc2c43)cc1. The van der Waals surface area contributed by atoms with Gasteiger partial charge in [-0.2, -0.15) is 0 Å². The average molecular weight is 859 g/mol. The molecule has 0 amide bonds. The van der Waals surface area contributed by atoms with Crippen LogP contribution in [-0.4, -0.2) is 11.7 Å². The summed E-state index contributed by atoms with van der Waals surface area (Å²) in [5.41, 5.74) is 16.9. The van der Waals surface area contributed by atoms with Crippen LogP contribution in [0.25, 0.3) is 0 Å². The molecule has 5 nitrogen and oxygen atoms in total. The summed E-state index contributed by atoms with van der Waals surface area (Å²) in [7, 11) is 0. The van der Waals surface area contributed by atoms with Crippen LogP contribution in [0.5, 0.6) is 0 Å². The van der Waals surface area contributed by atoms with Gasteiger partial charge in [-0.15, -0.1) is 0 Å². The minimum atomic E-state index is -0.221. The molecule has 7 aromatic rings. The Bertz CT molecular complexity index is 2820. The highest BCUT2D eigenvalue weighted by atomic mass is 16.4. The fourth-order valence-corrected chi connectivity index (χ4v) is 9.39. The van der Waals surface area contributed by atoms with E-state index >= 15 is 0 Å². The van der Waals surface area contributed by atoms with Gasteiger partial charge in [0.25, 0.3) is 6.71 Å². The molecule has 0 saturated heterocycles. The van der Waals surface area contributed by atoms with Gasteiger partial charge in [-0.05, 0) is 133 Å². The highest BCUT2D eigenvalue weighted by molar-refractivity contribution is 6.99. The van der Waals surface area contributed by atoms with Crippen LogP contribution in [0.15, 0.2) is 138 Å². The van der Waals surface area contributed by atoms with E-state index in [1.807, 2.05) is 0 Å². The Labute approximate surface area is 389 Å². The summed E-state index contributed by atoms with van der Waals surface area (Å²) >= 11 is 0. The molecule has 0 radical (unpaired) electrons. The van der Waals surface area contributed by atoms with Crippen molar-refractivity contribution in [1.82, 2.24) is 4.98 Å². The van der Waals surface area contributed by atoms with E-state index < -0.39 is 0 Å². The molecule has 6 heteroatoms. The smallest absolute Gasteiger partial charge is 0.307 e. The predicted octanol–water partition coefficient (Wildman–Crippen LogP) is 14.7. The molecular formula is C59H67BN4O. The number of anilines is 9. The number of oxazole rings is 1. The summed E-state index contributed by atoms with van der Waals surface area (Å²) in [6.07, 6.45) is 0. The summed E-state index contributed by atoms with van der Waals surface area (Å²) in [6, 6.07) is 50.0. The zero-order valence-electron chi connectivity index (χ0n) is 41.5. The van der Waals surface area contributed by atoms with E-state index in [9.17, 15) is 0 Å². The Morgan fingerprint density at radius 2 is 0.892 bits per heavy atom. The van der Waals surface area contributed by atoms with Crippen molar-refractivity contribution in [2.75, 3.05) is 14.7 Å². The molecule has 0 N–H and O–H groups in total. The number of aromatic nitrogens is 1. The van der Waals surface area contributed by atoms with E-state index in [1.165, 1.54) is 44.4 Å². The molecule has 332 valence electrons. The molecule has 0 saturated carbocycles. The molecular weight excluding hydrogens is 791 g/mol. The van der Waals surface area contributed by atoms with Gasteiger partial charge in [-0.3, -0.25) is 9.80 Å². The topological polar surface area (TPSA) is 35.8 Å². The van der Waals surface area contributed by atoms with Crippen LogP contribution in [0, 0.1) is 0 Å². The Morgan fingerprint density at radius 1 is 0.431 bits per heavy atom. The molecule has 65 heavy (non-hydrogen) atoms. The van der Waals surface area contributed by atoms with Crippen molar-refractivity contribution >= 4 is 74.9 Å². The molecule has 0 fully saturated rings. The van der Waals surface area contributed by atoms with Gasteiger partial charge in [0.05, 0.1) is 17.0 Å². The van der Waals surface area contributed by atoms with E-state index in [2.05, 4.69) is 252 Å². The van der Waals surface area contributed by atoms with Crippen molar-refractivity contribution in [3.63, 3.8) is 0 Å². The average Bonchev–Trinajstić information content (AvgIpc) is 3.66. The molecule has 0 bridgehead atoms. The van der Waals surface area contributed by atoms with Gasteiger partial charge < -0.3 is 9.32 Å². The van der Waals surface area contributed by atoms with Gasteiger partial charge in [0.15, 0.2) is 0 Å². The molecule has 0 spiro atoms. The largest absolute Gasteiger partial charge is 0.407 e. The minimum Gasteiger partial charge on any atom is -0.407 e. The van der Waals surface area contributed by atoms with Gasteiger partial charge in [0.2, 0.25) is 5.88 Å². The number of hydrogen-bond acceptors (Lipinski definition) is 5. The quantitative estimate of drug-likeness (QED) is 0.161. The highest BCUT2D eigenvalue weighted by Gasteiger charge is 2.48. The first-order valence-corrected chi connectivity index (χ1v) is 23.5. The van der Waals surface area contributed by atoms with E-state index in [-0.39, 0.29) is 33.8 Å². The van der Waals surface area contributed by atoms with Gasteiger partial charge in [0, 0.05) is 28.4 Å². The van der Waals surface area contributed by atoms with Gasteiger partial charge in [-0.25, -0.2) is 4.98 Å². The number of nitrogens with zero attached hydrogens (tertiary/aromatic N) is 4. The first kappa shape index (κ1) is 44.2. The fraction of sp³-hybridized carbons (Fsp3) is 0.339. The Morgan fingerprint density at radius 3 is 1.38 bits per heavy atom. The van der Waals surface area contributed by atoms with Crippen LogP contribution < -0.4 is 31.2 Å². The second-order valence-electron chi connectivity index (χ2n) is 23.6. The van der Waals surface area contributed by atoms with Crippen LogP contribution in [0.1, 0.15) is 132 Å². The Balaban J connectivity index is 1.43. The lowest BCUT2D eigenvalue weighted by molar-refractivity contribution is 0.563. The predicted molar refractivity (Wildman–Crippen MR) is 279 cm³/mol. The number of hydrogen-bond donors (Lipinski definition) is 0. The minimum absolute atomic E-state index is 0.0266. The molecule has 9 rings (SSSR count). The molecule has 6 aromatic carbocycles. The second-order valence-corrected chi connectivity index (χ2v) is 23.6. The van der Waals surface area contributed by atoms with Crippen molar-refractivity contribution in [1.29, 1.82) is 0 Å². The highest BCUT2D eigenvalue weighted by Crippen LogP contribution is 2.49. The summed E-state index contributed by atoms with van der Waals surface area (Å²) in [5.74, 6) is 0.743. The molecule has 3 heterocycles. The summed E-state index contributed by atoms with van der Waals surface area (Å²) in [5, 5.41) is 0. The lowest BCUT2D eigenvalue weighted by Gasteiger charge is -2.43. The molecule has 0 unspecified atom stereocenters. The van der Waals surface area contributed by atoms with Gasteiger partial charge >= 0.3 is 6.01 Å². The standard InChI is InChI=1S/C59H67BN4O/c1-55(2,3)38-26-29-45(30-27-38)63-48-31-28-39(56(4,5)6)35-47(48)60-51-49(63)36-42(59(13,14)15)37-50(51)64(46-33-40(57(7,8)9)32-41(34-46)58(10,11)12)53-52(60)61-54(65-53)62(43-22-18-16-19-23-43)44-24-20-17-21-25-44/h16-37H,1-15H3. The molecule has 0 aliphatic carbocycles. The van der Waals surface area contributed by atoms with Crippen LogP contribution in [0.4, 0.5) is 51.7 Å². The normalized spacial score (nSPS) is 14.0. The maximum absolute atomic E-state index is 7.47. The Hall–Kier alpha value is -6.01. The zero-order chi connectivity index (χ0) is 46.6. The van der Waals surface area contributed by atoms with Crippen LogP contribution >= 0.6 is 0 Å². The lowest BCUT2D eigenvalue weighted by Crippen LogP contribution is -2.62. The Kier molecular flexibility index (Phi) is 10.4. The summed E-state index contributed by atoms with van der Waals surface area (Å²) < 4.78 is 7.47. The van der Waals surface area contributed by atoms with Gasteiger partial charge in [-0.1, -0.05) is 171 Å². The van der Waals surface area contributed by atoms with E-state index in [4.69, 9.17) is 9.40 Å². The van der Waals surface area contributed by atoms with Crippen LogP contribution in [-0.2, 0) is 27.1 Å². The molecule has 0 atom stereocenters. The first-order valence-electron chi connectivity index (χ1n) is 23.5. The number of fused-ring (bicyclic) bond motifs is 4. The fourth-order valence-electron chi connectivity index (χ4n) is 9.39. The third-order valence-corrected chi connectivity index (χ3v) is 13.4. The van der Waals surface area contributed by atoms with E-state index in [0.29, 0.717) is 6.01 Å². The number of para-hydroxylation sites is 2. The lowest BCUT2D eigenvalue weighted by atomic mass is 9.35. The van der Waals surface area contributed by atoms with Crippen LogP contribution in [0.2, 0.25) is 0 Å². The summed E-state index contributed by atoms with van der Waals surface area (Å²) in [4.78, 5) is 12.8. The number of benzene rings is 6. The van der Waals surface area contributed by atoms with Crippen LogP contribution in [0.3, 0.4) is 0 Å². The maximum atomic E-state index is 7.47. The molecule has 2 aliphatic heterocycles.